The van der Waals surface area contributed by atoms with E-state index in [1.807, 2.05) is 30.3 Å². The van der Waals surface area contributed by atoms with Gasteiger partial charge in [-0.15, -0.1) is 0 Å². The number of benzene rings is 4. The Hall–Kier alpha value is -4.13. The van der Waals surface area contributed by atoms with E-state index in [0.717, 1.165) is 56.5 Å². The maximum atomic E-state index is 6.61. The lowest BCUT2D eigenvalue weighted by molar-refractivity contribution is 0.00578. The number of fused-ring (bicyclic) bond motifs is 2. The van der Waals surface area contributed by atoms with Crippen LogP contribution in [0.1, 0.15) is 46.4 Å². The summed E-state index contributed by atoms with van der Waals surface area (Å²) >= 11 is 0. The zero-order valence-electron chi connectivity index (χ0n) is 23.9. The van der Waals surface area contributed by atoms with Crippen molar-refractivity contribution in [2.45, 2.75) is 51.7 Å². The number of nitrogens with zero attached hydrogens (tertiary/aromatic N) is 3. The Labute approximate surface area is 241 Å². The maximum absolute atomic E-state index is 6.61. The largest absolute Gasteiger partial charge is 0.496 e. The summed E-state index contributed by atoms with van der Waals surface area (Å²) in [5.74, 6) is 2.00. The van der Waals surface area contributed by atoms with E-state index >= 15 is 0 Å². The molecule has 0 N–H and O–H groups in total. The van der Waals surface area contributed by atoms with E-state index in [1.54, 1.807) is 0 Å². The van der Waals surface area contributed by atoms with Crippen molar-refractivity contribution >= 4 is 39.7 Å². The van der Waals surface area contributed by atoms with Gasteiger partial charge in [0.2, 0.25) is 0 Å². The molecule has 7 rings (SSSR count). The van der Waals surface area contributed by atoms with E-state index in [4.69, 9.17) is 24.3 Å². The smallest absolute Gasteiger partial charge is 0.399 e. The Balaban J connectivity index is 1.53. The van der Waals surface area contributed by atoms with Crippen LogP contribution < -0.4 is 5.46 Å². The van der Waals surface area contributed by atoms with E-state index in [0.29, 0.717) is 17.5 Å². The normalized spacial score (nSPS) is 17.8. The van der Waals surface area contributed by atoms with Crippen LogP contribution in [0.25, 0.3) is 49.9 Å². The average molecular weight is 537 g/mol. The fraction of sp³-hybridized carbons (Fsp3) is 0.229. The molecule has 41 heavy (non-hydrogen) atoms. The maximum Gasteiger partial charge on any atom is 0.496 e. The molecule has 0 bridgehead atoms. The molecule has 5 aromatic rings. The van der Waals surface area contributed by atoms with Crippen LogP contribution in [0.15, 0.2) is 97.1 Å². The minimum absolute atomic E-state index is 0.451. The van der Waals surface area contributed by atoms with Gasteiger partial charge in [-0.05, 0) is 67.5 Å². The van der Waals surface area contributed by atoms with Crippen molar-refractivity contribution in [1.29, 1.82) is 0 Å². The summed E-state index contributed by atoms with van der Waals surface area (Å²) in [6, 6.07) is 27.0. The molecule has 0 amide bonds. The van der Waals surface area contributed by atoms with Gasteiger partial charge in [-0.25, -0.2) is 15.0 Å². The molecule has 0 atom stereocenters. The van der Waals surface area contributed by atoms with Crippen LogP contribution in [-0.4, -0.2) is 33.3 Å². The van der Waals surface area contributed by atoms with Crippen LogP contribution >= 0.6 is 0 Å². The topological polar surface area (TPSA) is 57.1 Å². The van der Waals surface area contributed by atoms with Crippen LogP contribution in [0.5, 0.6) is 0 Å². The summed E-state index contributed by atoms with van der Waals surface area (Å²) in [5.41, 5.74) is 3.10. The summed E-state index contributed by atoms with van der Waals surface area (Å²) in [5, 5.41) is 4.25. The van der Waals surface area contributed by atoms with Crippen LogP contribution in [0, 0.1) is 0 Å². The summed E-state index contributed by atoms with van der Waals surface area (Å²) in [6.45, 7) is 8.38. The molecular formula is C35H32BN3O2. The van der Waals surface area contributed by atoms with Crippen molar-refractivity contribution in [1.82, 2.24) is 15.0 Å². The zero-order chi connectivity index (χ0) is 28.2. The Morgan fingerprint density at radius 3 is 1.73 bits per heavy atom. The fourth-order valence-corrected chi connectivity index (χ4v) is 5.73. The van der Waals surface area contributed by atoms with Gasteiger partial charge in [-0.1, -0.05) is 97.1 Å². The molecule has 2 heterocycles. The number of allylic oxidation sites excluding steroid dienone is 4. The molecule has 0 radical (unpaired) electrons. The second-order valence-corrected chi connectivity index (χ2v) is 11.8. The Bertz CT molecular complexity index is 1790. The predicted octanol–water partition coefficient (Wildman–Crippen LogP) is 7.54. The standard InChI is InChI=1S/C35H32BN3O2/c1-34(2)35(3,4)41-36(40-34)30-27-21-13-11-19-25(27)29(26-20-12-14-22-28(26)30)33-38-31(23-15-7-5-8-16-23)37-32(39-33)24-17-9-6-10-18-24/h5,7-9,11-22H,6,10H2,1-4H3. The quantitative estimate of drug-likeness (QED) is 0.175. The molecule has 2 aliphatic rings. The summed E-state index contributed by atoms with van der Waals surface area (Å²) in [7, 11) is -0.504. The second kappa shape index (κ2) is 9.76. The van der Waals surface area contributed by atoms with Gasteiger partial charge in [0.05, 0.1) is 11.2 Å². The van der Waals surface area contributed by atoms with Crippen LogP contribution in [-0.2, 0) is 9.31 Å². The van der Waals surface area contributed by atoms with Gasteiger partial charge in [-0.3, -0.25) is 0 Å². The SMILES string of the molecule is CC1(C)OB(c2c3ccccc3c(-c3nc(C4=CCCC=C4)nc(-c4ccccc4)n3)c3ccccc23)OC1(C)C. The van der Waals surface area contributed by atoms with Gasteiger partial charge in [-0.2, -0.15) is 0 Å². The molecule has 202 valence electrons. The minimum atomic E-state index is -0.504. The highest BCUT2D eigenvalue weighted by atomic mass is 16.7. The number of hydrogen-bond acceptors (Lipinski definition) is 5. The molecule has 0 saturated carbocycles. The van der Waals surface area contributed by atoms with Gasteiger partial charge in [0.25, 0.3) is 0 Å². The van der Waals surface area contributed by atoms with Gasteiger partial charge in [0.1, 0.15) is 0 Å². The van der Waals surface area contributed by atoms with Crippen molar-refractivity contribution in [3.8, 4) is 22.8 Å². The molecule has 1 aliphatic carbocycles. The van der Waals surface area contributed by atoms with Gasteiger partial charge in [0.15, 0.2) is 17.5 Å². The molecule has 1 aromatic heterocycles. The van der Waals surface area contributed by atoms with E-state index in [1.165, 1.54) is 0 Å². The van der Waals surface area contributed by atoms with Crippen LogP contribution in [0.2, 0.25) is 0 Å². The lowest BCUT2D eigenvalue weighted by Crippen LogP contribution is -2.41. The molecule has 4 aromatic carbocycles. The van der Waals surface area contributed by atoms with Crippen LogP contribution in [0.3, 0.4) is 0 Å². The van der Waals surface area contributed by atoms with Crippen molar-refractivity contribution in [2.75, 3.05) is 0 Å². The summed E-state index contributed by atoms with van der Waals surface area (Å²) in [4.78, 5) is 15.2. The predicted molar refractivity (Wildman–Crippen MR) is 168 cm³/mol. The Morgan fingerprint density at radius 1 is 0.610 bits per heavy atom. The van der Waals surface area contributed by atoms with Crippen LogP contribution in [0.4, 0.5) is 0 Å². The van der Waals surface area contributed by atoms with E-state index < -0.39 is 18.3 Å². The van der Waals surface area contributed by atoms with E-state index in [-0.39, 0.29) is 0 Å². The second-order valence-electron chi connectivity index (χ2n) is 11.8. The summed E-state index contributed by atoms with van der Waals surface area (Å²) < 4.78 is 13.2. The van der Waals surface area contributed by atoms with Crippen molar-refractivity contribution in [2.24, 2.45) is 0 Å². The lowest BCUT2D eigenvalue weighted by Gasteiger charge is -2.32. The highest BCUT2D eigenvalue weighted by molar-refractivity contribution is 6.68. The molecular weight excluding hydrogens is 505 g/mol. The summed E-state index contributed by atoms with van der Waals surface area (Å²) in [6.07, 6.45) is 8.52. The fourth-order valence-electron chi connectivity index (χ4n) is 5.73. The minimum Gasteiger partial charge on any atom is -0.399 e. The zero-order valence-corrected chi connectivity index (χ0v) is 23.9. The van der Waals surface area contributed by atoms with E-state index in [2.05, 4.69) is 94.5 Å². The van der Waals surface area contributed by atoms with Crippen molar-refractivity contribution in [3.05, 3.63) is 103 Å². The van der Waals surface area contributed by atoms with E-state index in [9.17, 15) is 0 Å². The first-order valence-corrected chi connectivity index (χ1v) is 14.3. The molecule has 0 unspecified atom stereocenters. The van der Waals surface area contributed by atoms with Gasteiger partial charge < -0.3 is 9.31 Å². The highest BCUT2D eigenvalue weighted by Crippen LogP contribution is 2.40. The first-order chi connectivity index (χ1) is 19.8. The molecule has 1 saturated heterocycles. The van der Waals surface area contributed by atoms with Gasteiger partial charge in [0, 0.05) is 16.7 Å². The molecule has 5 nitrogen and oxygen atoms in total. The Kier molecular flexibility index (Phi) is 6.14. The molecule has 1 fully saturated rings. The third kappa shape index (κ3) is 4.39. The van der Waals surface area contributed by atoms with Gasteiger partial charge >= 0.3 is 7.12 Å². The number of hydrogen-bond donors (Lipinski definition) is 0. The first-order valence-electron chi connectivity index (χ1n) is 14.3. The van der Waals surface area contributed by atoms with Crippen molar-refractivity contribution in [3.63, 3.8) is 0 Å². The van der Waals surface area contributed by atoms with Crippen molar-refractivity contribution < 1.29 is 9.31 Å². The highest BCUT2D eigenvalue weighted by Gasteiger charge is 2.52. The number of aromatic nitrogens is 3. The molecule has 1 aliphatic heterocycles. The Morgan fingerprint density at radius 2 is 1.15 bits per heavy atom. The molecule has 6 heteroatoms. The first kappa shape index (κ1) is 25.8. The monoisotopic (exact) mass is 537 g/mol. The number of rotatable bonds is 4. The third-order valence-electron chi connectivity index (χ3n) is 8.61. The average Bonchev–Trinajstić information content (AvgIpc) is 3.22. The third-order valence-corrected chi connectivity index (χ3v) is 8.61. The molecule has 0 spiro atoms. The lowest BCUT2D eigenvalue weighted by atomic mass is 9.72.